The molecule has 0 saturated heterocycles. The normalized spacial score (nSPS) is 13.1. The van der Waals surface area contributed by atoms with Crippen LogP contribution in [0.4, 0.5) is 5.69 Å². The standard InChI is InChI=1S/C19H19N3O2S2/c1-11-4-2-5-12(8-11)20-16(23)10-25-9-15-21-18(24)17-13-6-3-7-14(13)26-19(17)22-15/h2,4-5,8H,3,6-7,9-10H2,1H3,(H,20,23)(H,21,22,24). The number of rotatable bonds is 5. The summed E-state index contributed by atoms with van der Waals surface area (Å²) in [4.78, 5) is 34.1. The number of carbonyl (C=O) groups is 1. The van der Waals surface area contributed by atoms with Crippen LogP contribution in [0.3, 0.4) is 0 Å². The average Bonchev–Trinajstić information content (AvgIpc) is 3.15. The maximum Gasteiger partial charge on any atom is 0.259 e. The van der Waals surface area contributed by atoms with Crippen molar-refractivity contribution < 1.29 is 4.79 Å². The number of carbonyl (C=O) groups excluding carboxylic acids is 1. The van der Waals surface area contributed by atoms with E-state index in [9.17, 15) is 9.59 Å². The Labute approximate surface area is 159 Å². The van der Waals surface area contributed by atoms with Crippen molar-refractivity contribution in [3.05, 3.63) is 56.4 Å². The van der Waals surface area contributed by atoms with Crippen LogP contribution in [0.1, 0.15) is 28.2 Å². The predicted molar refractivity (Wildman–Crippen MR) is 108 cm³/mol. The molecule has 0 atom stereocenters. The topological polar surface area (TPSA) is 74.8 Å². The second kappa shape index (κ2) is 7.25. The van der Waals surface area contributed by atoms with Crippen LogP contribution in [0.5, 0.6) is 0 Å². The monoisotopic (exact) mass is 385 g/mol. The van der Waals surface area contributed by atoms with Gasteiger partial charge in [-0.3, -0.25) is 9.59 Å². The van der Waals surface area contributed by atoms with E-state index in [4.69, 9.17) is 0 Å². The molecule has 2 heterocycles. The van der Waals surface area contributed by atoms with Gasteiger partial charge < -0.3 is 10.3 Å². The third-order valence-electron chi connectivity index (χ3n) is 4.40. The van der Waals surface area contributed by atoms with Gasteiger partial charge in [0.15, 0.2) is 0 Å². The number of amides is 1. The average molecular weight is 386 g/mol. The number of aromatic amines is 1. The Hall–Kier alpha value is -2.12. The van der Waals surface area contributed by atoms with Gasteiger partial charge in [-0.2, -0.15) is 0 Å². The maximum atomic E-state index is 12.4. The molecule has 2 aromatic heterocycles. The van der Waals surface area contributed by atoms with E-state index in [2.05, 4.69) is 15.3 Å². The van der Waals surface area contributed by atoms with Gasteiger partial charge in [-0.1, -0.05) is 12.1 Å². The molecule has 1 aromatic carbocycles. The van der Waals surface area contributed by atoms with E-state index in [1.165, 1.54) is 22.2 Å². The molecule has 1 aliphatic carbocycles. The van der Waals surface area contributed by atoms with Crippen LogP contribution < -0.4 is 10.9 Å². The number of thiophene rings is 1. The fraction of sp³-hybridized carbons (Fsp3) is 0.316. The van der Waals surface area contributed by atoms with Crippen molar-refractivity contribution in [3.8, 4) is 0 Å². The summed E-state index contributed by atoms with van der Waals surface area (Å²) < 4.78 is 0. The van der Waals surface area contributed by atoms with Gasteiger partial charge in [0.1, 0.15) is 10.7 Å². The molecular formula is C19H19N3O2S2. The second-order valence-corrected chi connectivity index (χ2v) is 8.53. The van der Waals surface area contributed by atoms with Crippen LogP contribution in [-0.4, -0.2) is 21.6 Å². The highest BCUT2D eigenvalue weighted by Crippen LogP contribution is 2.34. The fourth-order valence-electron chi connectivity index (χ4n) is 3.28. The van der Waals surface area contributed by atoms with Crippen LogP contribution in [-0.2, 0) is 23.4 Å². The minimum atomic E-state index is -0.0564. The molecule has 1 aliphatic rings. The van der Waals surface area contributed by atoms with Gasteiger partial charge >= 0.3 is 0 Å². The molecule has 134 valence electrons. The van der Waals surface area contributed by atoms with E-state index < -0.39 is 0 Å². The predicted octanol–water partition coefficient (Wildman–Crippen LogP) is 3.65. The molecule has 0 fully saturated rings. The summed E-state index contributed by atoms with van der Waals surface area (Å²) >= 11 is 3.08. The van der Waals surface area contributed by atoms with Gasteiger partial charge in [-0.25, -0.2) is 4.98 Å². The number of benzene rings is 1. The first kappa shape index (κ1) is 17.3. The highest BCUT2D eigenvalue weighted by Gasteiger charge is 2.21. The van der Waals surface area contributed by atoms with Crippen LogP contribution in [0, 0.1) is 6.92 Å². The number of aromatic nitrogens is 2. The molecule has 4 rings (SSSR count). The van der Waals surface area contributed by atoms with E-state index in [0.29, 0.717) is 17.3 Å². The van der Waals surface area contributed by atoms with Crippen molar-refractivity contribution in [1.29, 1.82) is 0 Å². The highest BCUT2D eigenvalue weighted by molar-refractivity contribution is 7.99. The summed E-state index contributed by atoms with van der Waals surface area (Å²) in [7, 11) is 0. The number of aryl methyl sites for hydroxylation is 3. The van der Waals surface area contributed by atoms with Crippen molar-refractivity contribution >= 4 is 44.9 Å². The molecule has 7 heteroatoms. The van der Waals surface area contributed by atoms with Crippen molar-refractivity contribution in [2.45, 2.75) is 31.9 Å². The number of nitrogens with zero attached hydrogens (tertiary/aromatic N) is 1. The van der Waals surface area contributed by atoms with E-state index in [0.717, 1.165) is 40.7 Å². The Morgan fingerprint density at radius 2 is 2.27 bits per heavy atom. The Balaban J connectivity index is 1.39. The lowest BCUT2D eigenvalue weighted by Gasteiger charge is -2.06. The summed E-state index contributed by atoms with van der Waals surface area (Å²) in [6.07, 6.45) is 3.16. The molecule has 2 N–H and O–H groups in total. The summed E-state index contributed by atoms with van der Waals surface area (Å²) in [6, 6.07) is 7.72. The Bertz CT molecular complexity index is 1040. The quantitative estimate of drug-likeness (QED) is 0.703. The van der Waals surface area contributed by atoms with Gasteiger partial charge in [0, 0.05) is 10.6 Å². The number of hydrogen-bond donors (Lipinski definition) is 2. The van der Waals surface area contributed by atoms with Gasteiger partial charge in [0.2, 0.25) is 5.91 Å². The maximum absolute atomic E-state index is 12.4. The molecule has 26 heavy (non-hydrogen) atoms. The van der Waals surface area contributed by atoms with Crippen molar-refractivity contribution in [2.75, 3.05) is 11.1 Å². The molecule has 0 unspecified atom stereocenters. The SMILES string of the molecule is Cc1cccc(NC(=O)CSCc2nc3sc4c(c3c(=O)[nH]2)CCC4)c1. The van der Waals surface area contributed by atoms with Gasteiger partial charge in [-0.05, 0) is 49.4 Å². The lowest BCUT2D eigenvalue weighted by Crippen LogP contribution is -2.15. The summed E-state index contributed by atoms with van der Waals surface area (Å²) in [5.74, 6) is 1.40. The first-order valence-corrected chi connectivity index (χ1v) is 10.5. The van der Waals surface area contributed by atoms with Crippen molar-refractivity contribution in [3.63, 3.8) is 0 Å². The zero-order valence-corrected chi connectivity index (χ0v) is 16.1. The smallest absolute Gasteiger partial charge is 0.259 e. The minimum absolute atomic E-state index is 0.0470. The second-order valence-electron chi connectivity index (χ2n) is 6.46. The Kier molecular flexibility index (Phi) is 4.82. The van der Waals surface area contributed by atoms with Gasteiger partial charge in [0.05, 0.1) is 16.9 Å². The van der Waals surface area contributed by atoms with Crippen LogP contribution in [0.25, 0.3) is 10.2 Å². The van der Waals surface area contributed by atoms with E-state index >= 15 is 0 Å². The van der Waals surface area contributed by atoms with Gasteiger partial charge in [-0.15, -0.1) is 23.1 Å². The first-order chi connectivity index (χ1) is 12.6. The zero-order valence-electron chi connectivity index (χ0n) is 14.4. The van der Waals surface area contributed by atoms with Crippen molar-refractivity contribution in [2.24, 2.45) is 0 Å². The van der Waals surface area contributed by atoms with E-state index in [1.54, 1.807) is 11.3 Å². The number of H-pyrrole nitrogens is 1. The molecule has 0 saturated carbocycles. The Morgan fingerprint density at radius 3 is 3.12 bits per heavy atom. The third kappa shape index (κ3) is 3.54. The lowest BCUT2D eigenvalue weighted by molar-refractivity contribution is -0.113. The minimum Gasteiger partial charge on any atom is -0.325 e. The highest BCUT2D eigenvalue weighted by atomic mass is 32.2. The third-order valence-corrected chi connectivity index (χ3v) is 6.53. The number of thioether (sulfide) groups is 1. The Morgan fingerprint density at radius 1 is 1.38 bits per heavy atom. The molecule has 1 amide bonds. The molecule has 0 radical (unpaired) electrons. The molecule has 0 aliphatic heterocycles. The van der Waals surface area contributed by atoms with Gasteiger partial charge in [0.25, 0.3) is 5.56 Å². The molecule has 0 bridgehead atoms. The number of fused-ring (bicyclic) bond motifs is 3. The zero-order chi connectivity index (χ0) is 18.1. The fourth-order valence-corrected chi connectivity index (χ4v) is 5.25. The summed E-state index contributed by atoms with van der Waals surface area (Å²) in [6.45, 7) is 1.99. The van der Waals surface area contributed by atoms with E-state index in [-0.39, 0.29) is 11.5 Å². The summed E-state index contributed by atoms with van der Waals surface area (Å²) in [5.41, 5.74) is 3.05. The number of anilines is 1. The van der Waals surface area contributed by atoms with Crippen LogP contribution >= 0.6 is 23.1 Å². The number of hydrogen-bond acceptors (Lipinski definition) is 5. The van der Waals surface area contributed by atoms with Crippen LogP contribution in [0.2, 0.25) is 0 Å². The summed E-state index contributed by atoms with van der Waals surface area (Å²) in [5, 5.41) is 3.66. The first-order valence-electron chi connectivity index (χ1n) is 8.58. The molecular weight excluding hydrogens is 366 g/mol. The number of nitrogens with one attached hydrogen (secondary N) is 2. The lowest BCUT2D eigenvalue weighted by atomic mass is 10.2. The molecule has 3 aromatic rings. The largest absolute Gasteiger partial charge is 0.325 e. The molecule has 5 nitrogen and oxygen atoms in total. The molecule has 0 spiro atoms. The van der Waals surface area contributed by atoms with Crippen molar-refractivity contribution in [1.82, 2.24) is 9.97 Å². The van der Waals surface area contributed by atoms with E-state index in [1.807, 2.05) is 31.2 Å². The van der Waals surface area contributed by atoms with Crippen LogP contribution in [0.15, 0.2) is 29.1 Å².